The number of aromatic nitrogens is 4. The lowest BCUT2D eigenvalue weighted by Crippen LogP contribution is -2.47. The minimum atomic E-state index is -0.0214. The van der Waals surface area contributed by atoms with Crippen LogP contribution >= 0.6 is 0 Å². The van der Waals surface area contributed by atoms with E-state index in [0.29, 0.717) is 35.3 Å². The average Bonchev–Trinajstić information content (AvgIpc) is 3.19. The Morgan fingerprint density at radius 1 is 1.21 bits per heavy atom. The molecule has 1 aromatic carbocycles. The summed E-state index contributed by atoms with van der Waals surface area (Å²) in [7, 11) is 0. The second-order valence-electron chi connectivity index (χ2n) is 6.79. The molecule has 1 N–H and O–H groups in total. The van der Waals surface area contributed by atoms with Gasteiger partial charge in [-0.25, -0.2) is 9.97 Å². The van der Waals surface area contributed by atoms with E-state index in [0.717, 1.165) is 25.8 Å². The van der Waals surface area contributed by atoms with Crippen LogP contribution in [-0.4, -0.2) is 50.0 Å². The van der Waals surface area contributed by atoms with Crippen LogP contribution in [0.3, 0.4) is 0 Å². The molecule has 8 nitrogen and oxygen atoms in total. The second kappa shape index (κ2) is 8.16. The fraction of sp³-hybridized carbons (Fsp3) is 0.350. The molecule has 4 rings (SSSR count). The molecule has 1 amide bonds. The normalized spacial score (nSPS) is 16.8. The number of rotatable bonds is 5. The van der Waals surface area contributed by atoms with Crippen molar-refractivity contribution in [3.63, 3.8) is 0 Å². The van der Waals surface area contributed by atoms with Gasteiger partial charge in [-0.3, -0.25) is 4.79 Å². The van der Waals surface area contributed by atoms with Gasteiger partial charge in [0.1, 0.15) is 0 Å². The number of nitrogens with zero attached hydrogens (tertiary/aromatic N) is 5. The lowest BCUT2D eigenvalue weighted by atomic mass is 9.99. The number of hydrogen-bond acceptors (Lipinski definition) is 7. The molecule has 1 unspecified atom stereocenters. The molecule has 0 aliphatic carbocycles. The number of carbonyl (C=O) groups excluding carboxylic acids is 1. The smallest absolute Gasteiger partial charge is 0.258 e. The molecule has 1 aliphatic rings. The van der Waals surface area contributed by atoms with Crippen LogP contribution in [0.25, 0.3) is 11.5 Å². The molecule has 1 atom stereocenters. The molecule has 0 spiro atoms. The van der Waals surface area contributed by atoms with Crippen molar-refractivity contribution >= 4 is 11.9 Å². The largest absolute Gasteiger partial charge is 0.352 e. The van der Waals surface area contributed by atoms with E-state index < -0.39 is 0 Å². The summed E-state index contributed by atoms with van der Waals surface area (Å²) in [5.74, 6) is 1.46. The van der Waals surface area contributed by atoms with Crippen molar-refractivity contribution in [1.29, 1.82) is 0 Å². The monoisotopic (exact) mass is 378 g/mol. The van der Waals surface area contributed by atoms with E-state index >= 15 is 0 Å². The topological polar surface area (TPSA) is 97.0 Å². The molecule has 144 valence electrons. The first-order valence-electron chi connectivity index (χ1n) is 9.44. The SMILES string of the molecule is Cc1noc(-c2ccccc2C(=O)N2CCCCC2CNc2ncccn2)n1. The van der Waals surface area contributed by atoms with Gasteiger partial charge in [0, 0.05) is 31.5 Å². The molecule has 0 radical (unpaired) electrons. The second-order valence-corrected chi connectivity index (χ2v) is 6.79. The number of nitrogens with one attached hydrogen (secondary N) is 1. The Kier molecular flexibility index (Phi) is 5.27. The van der Waals surface area contributed by atoms with E-state index in [1.54, 1.807) is 25.4 Å². The summed E-state index contributed by atoms with van der Waals surface area (Å²) < 4.78 is 5.30. The van der Waals surface area contributed by atoms with Gasteiger partial charge in [0.15, 0.2) is 5.82 Å². The van der Waals surface area contributed by atoms with Gasteiger partial charge in [-0.15, -0.1) is 0 Å². The summed E-state index contributed by atoms with van der Waals surface area (Å²) in [6.45, 7) is 3.09. The van der Waals surface area contributed by atoms with E-state index in [4.69, 9.17) is 4.52 Å². The number of amides is 1. The summed E-state index contributed by atoms with van der Waals surface area (Å²) in [5.41, 5.74) is 1.24. The highest BCUT2D eigenvalue weighted by atomic mass is 16.5. The predicted octanol–water partition coefficient (Wildman–Crippen LogP) is 2.94. The van der Waals surface area contributed by atoms with Gasteiger partial charge in [0.25, 0.3) is 11.8 Å². The molecule has 8 heteroatoms. The maximum Gasteiger partial charge on any atom is 0.258 e. The van der Waals surface area contributed by atoms with Crippen molar-refractivity contribution < 1.29 is 9.32 Å². The molecule has 0 saturated carbocycles. The van der Waals surface area contributed by atoms with Crippen molar-refractivity contribution in [3.8, 4) is 11.5 Å². The van der Waals surface area contributed by atoms with E-state index in [-0.39, 0.29) is 11.9 Å². The highest BCUT2D eigenvalue weighted by Gasteiger charge is 2.29. The fourth-order valence-corrected chi connectivity index (χ4v) is 3.50. The van der Waals surface area contributed by atoms with Crippen molar-refractivity contribution in [2.75, 3.05) is 18.4 Å². The van der Waals surface area contributed by atoms with Gasteiger partial charge < -0.3 is 14.7 Å². The fourth-order valence-electron chi connectivity index (χ4n) is 3.50. The number of benzene rings is 1. The number of hydrogen-bond donors (Lipinski definition) is 1. The van der Waals surface area contributed by atoms with Crippen LogP contribution in [0.5, 0.6) is 0 Å². The van der Waals surface area contributed by atoms with E-state index in [1.165, 1.54) is 0 Å². The summed E-state index contributed by atoms with van der Waals surface area (Å²) in [6, 6.07) is 9.23. The van der Waals surface area contributed by atoms with Crippen LogP contribution in [0.4, 0.5) is 5.95 Å². The van der Waals surface area contributed by atoms with Gasteiger partial charge in [-0.2, -0.15) is 4.98 Å². The molecule has 0 bridgehead atoms. The maximum absolute atomic E-state index is 13.4. The van der Waals surface area contributed by atoms with E-state index in [9.17, 15) is 4.79 Å². The van der Waals surface area contributed by atoms with Crippen LogP contribution in [0.1, 0.15) is 35.4 Å². The van der Waals surface area contributed by atoms with Crippen molar-refractivity contribution in [2.45, 2.75) is 32.2 Å². The standard InChI is InChI=1S/C20H22N6O2/c1-14-24-18(28-25-14)16-8-2-3-9-17(16)19(27)26-12-5-4-7-15(26)13-23-20-21-10-6-11-22-20/h2-3,6,8-11,15H,4-5,7,12-13H2,1H3,(H,21,22,23). The van der Waals surface area contributed by atoms with Crippen LogP contribution in [0.15, 0.2) is 47.2 Å². The summed E-state index contributed by atoms with van der Waals surface area (Å²) in [4.78, 5) is 28.0. The number of anilines is 1. The first-order valence-corrected chi connectivity index (χ1v) is 9.44. The summed E-state index contributed by atoms with van der Waals surface area (Å²) in [5, 5.41) is 7.09. The molecule has 1 aliphatic heterocycles. The van der Waals surface area contributed by atoms with Crippen LogP contribution in [0, 0.1) is 6.92 Å². The minimum Gasteiger partial charge on any atom is -0.352 e. The number of likely N-dealkylation sites (tertiary alicyclic amines) is 1. The Morgan fingerprint density at radius 3 is 2.82 bits per heavy atom. The maximum atomic E-state index is 13.4. The highest BCUT2D eigenvalue weighted by Crippen LogP contribution is 2.26. The third-order valence-electron chi connectivity index (χ3n) is 4.87. The highest BCUT2D eigenvalue weighted by molar-refractivity contribution is 6.00. The third-order valence-corrected chi connectivity index (χ3v) is 4.87. The van der Waals surface area contributed by atoms with Gasteiger partial charge in [-0.05, 0) is 44.4 Å². The zero-order chi connectivity index (χ0) is 19.3. The van der Waals surface area contributed by atoms with Crippen molar-refractivity contribution in [2.24, 2.45) is 0 Å². The summed E-state index contributed by atoms with van der Waals surface area (Å²) >= 11 is 0. The minimum absolute atomic E-state index is 0.0214. The number of carbonyl (C=O) groups is 1. The molecular formula is C20H22N6O2. The third kappa shape index (κ3) is 3.85. The molecule has 2 aromatic heterocycles. The number of piperidine rings is 1. The average molecular weight is 378 g/mol. The van der Waals surface area contributed by atoms with Gasteiger partial charge in [0.05, 0.1) is 11.1 Å². The first-order chi connectivity index (χ1) is 13.7. The Labute approximate surface area is 163 Å². The van der Waals surface area contributed by atoms with Gasteiger partial charge >= 0.3 is 0 Å². The molecular weight excluding hydrogens is 356 g/mol. The summed E-state index contributed by atoms with van der Waals surface area (Å²) in [6.07, 6.45) is 6.42. The molecule has 28 heavy (non-hydrogen) atoms. The Balaban J connectivity index is 1.56. The van der Waals surface area contributed by atoms with Crippen molar-refractivity contribution in [3.05, 3.63) is 54.1 Å². The van der Waals surface area contributed by atoms with Gasteiger partial charge in [0.2, 0.25) is 5.95 Å². The lowest BCUT2D eigenvalue weighted by molar-refractivity contribution is 0.0628. The molecule has 3 aromatic rings. The predicted molar refractivity (Wildman–Crippen MR) is 104 cm³/mol. The molecule has 1 saturated heterocycles. The van der Waals surface area contributed by atoms with Gasteiger partial charge in [-0.1, -0.05) is 17.3 Å². The van der Waals surface area contributed by atoms with Crippen molar-refractivity contribution in [1.82, 2.24) is 25.0 Å². The van der Waals surface area contributed by atoms with Crippen LogP contribution in [-0.2, 0) is 0 Å². The van der Waals surface area contributed by atoms with Crippen LogP contribution < -0.4 is 5.32 Å². The van der Waals surface area contributed by atoms with E-state index in [2.05, 4.69) is 25.4 Å². The quantitative estimate of drug-likeness (QED) is 0.729. The Hall–Kier alpha value is -3.29. The first kappa shape index (κ1) is 18.1. The Morgan fingerprint density at radius 2 is 2.04 bits per heavy atom. The Bertz CT molecular complexity index is 943. The molecule has 1 fully saturated rings. The zero-order valence-corrected chi connectivity index (χ0v) is 15.7. The van der Waals surface area contributed by atoms with E-state index in [1.807, 2.05) is 29.2 Å². The number of aryl methyl sites for hydroxylation is 1. The zero-order valence-electron chi connectivity index (χ0n) is 15.7. The molecule has 3 heterocycles. The lowest BCUT2D eigenvalue weighted by Gasteiger charge is -2.36. The van der Waals surface area contributed by atoms with Crippen LogP contribution in [0.2, 0.25) is 0 Å².